The minimum atomic E-state index is -0.315. The van der Waals surface area contributed by atoms with Gasteiger partial charge in [-0.15, -0.1) is 10.2 Å². The van der Waals surface area contributed by atoms with Gasteiger partial charge in [0.05, 0.1) is 19.0 Å². The van der Waals surface area contributed by atoms with E-state index in [0.29, 0.717) is 43.0 Å². The first-order valence-corrected chi connectivity index (χ1v) is 10.9. The van der Waals surface area contributed by atoms with E-state index in [-0.39, 0.29) is 12.0 Å². The average molecular weight is 425 g/mol. The van der Waals surface area contributed by atoms with Gasteiger partial charge in [0.1, 0.15) is 5.75 Å². The fourth-order valence-corrected chi connectivity index (χ4v) is 4.11. The van der Waals surface area contributed by atoms with Gasteiger partial charge in [0.2, 0.25) is 5.91 Å². The van der Waals surface area contributed by atoms with Crippen LogP contribution in [0.1, 0.15) is 18.9 Å². The largest absolute Gasteiger partial charge is 0.483 e. The van der Waals surface area contributed by atoms with Crippen molar-refractivity contribution in [2.45, 2.75) is 18.2 Å². The molecule has 0 radical (unpaired) electrons. The Labute approximate surface area is 180 Å². The minimum absolute atomic E-state index is 0.0843. The summed E-state index contributed by atoms with van der Waals surface area (Å²) in [6.45, 7) is 4.41. The summed E-state index contributed by atoms with van der Waals surface area (Å²) in [7, 11) is 0. The second kappa shape index (κ2) is 9.77. The van der Waals surface area contributed by atoms with Crippen LogP contribution >= 0.6 is 11.8 Å². The molecule has 30 heavy (non-hydrogen) atoms. The molecular weight excluding hydrogens is 400 g/mol. The highest BCUT2D eigenvalue weighted by molar-refractivity contribution is 7.99. The number of morpholine rings is 1. The fraction of sp³-hybridized carbons (Fsp3) is 0.318. The third-order valence-corrected chi connectivity index (χ3v) is 5.69. The van der Waals surface area contributed by atoms with Crippen molar-refractivity contribution in [2.24, 2.45) is 0 Å². The molecule has 0 saturated carbocycles. The fourth-order valence-electron chi connectivity index (χ4n) is 3.24. The van der Waals surface area contributed by atoms with Crippen LogP contribution < -0.4 is 4.74 Å². The van der Waals surface area contributed by atoms with Gasteiger partial charge in [-0.25, -0.2) is 0 Å². The number of aromatic nitrogens is 3. The Hall–Kier alpha value is -2.84. The predicted octanol–water partition coefficient (Wildman–Crippen LogP) is 3.36. The van der Waals surface area contributed by atoms with Crippen LogP contribution in [-0.2, 0) is 9.53 Å². The first kappa shape index (κ1) is 20.4. The maximum absolute atomic E-state index is 12.6. The molecule has 156 valence electrons. The molecule has 1 aliphatic heterocycles. The molecule has 4 rings (SSSR count). The monoisotopic (exact) mass is 424 g/mol. The summed E-state index contributed by atoms with van der Waals surface area (Å²) in [5, 5.41) is 9.44. The molecule has 0 spiro atoms. The summed E-state index contributed by atoms with van der Waals surface area (Å²) in [6, 6.07) is 19.5. The molecule has 7 nitrogen and oxygen atoms in total. The van der Waals surface area contributed by atoms with E-state index in [0.717, 1.165) is 11.4 Å². The zero-order valence-electron chi connectivity index (χ0n) is 16.8. The maximum Gasteiger partial charge on any atom is 0.233 e. The SMILES string of the molecule is CC(Oc1ccccc1)c1nnc(SCC(=O)N2CCOCC2)n1-c1ccccc1. The number of thioether (sulfide) groups is 1. The quantitative estimate of drug-likeness (QED) is 0.542. The van der Waals surface area contributed by atoms with Gasteiger partial charge in [0, 0.05) is 18.8 Å². The third kappa shape index (κ3) is 4.83. The van der Waals surface area contributed by atoms with Crippen LogP contribution in [0.3, 0.4) is 0 Å². The summed E-state index contributed by atoms with van der Waals surface area (Å²) < 4.78 is 13.4. The molecule has 1 amide bonds. The molecule has 1 saturated heterocycles. The number of amides is 1. The second-order valence-corrected chi connectivity index (χ2v) is 7.81. The third-order valence-electron chi connectivity index (χ3n) is 4.78. The molecule has 8 heteroatoms. The zero-order chi connectivity index (χ0) is 20.8. The van der Waals surface area contributed by atoms with Gasteiger partial charge >= 0.3 is 0 Å². The van der Waals surface area contributed by atoms with E-state index in [1.165, 1.54) is 11.8 Å². The lowest BCUT2D eigenvalue weighted by molar-refractivity contribution is -0.132. The highest BCUT2D eigenvalue weighted by atomic mass is 32.2. The van der Waals surface area contributed by atoms with E-state index in [2.05, 4.69) is 10.2 Å². The van der Waals surface area contributed by atoms with Crippen molar-refractivity contribution in [1.29, 1.82) is 0 Å². The lowest BCUT2D eigenvalue weighted by Gasteiger charge is -2.26. The maximum atomic E-state index is 12.6. The molecule has 2 heterocycles. The lowest BCUT2D eigenvalue weighted by atomic mass is 10.3. The summed E-state index contributed by atoms with van der Waals surface area (Å²) in [4.78, 5) is 14.4. The summed E-state index contributed by atoms with van der Waals surface area (Å²) in [6.07, 6.45) is -0.315. The summed E-state index contributed by atoms with van der Waals surface area (Å²) in [5.41, 5.74) is 0.933. The molecule has 1 aromatic heterocycles. The number of hydrogen-bond donors (Lipinski definition) is 0. The van der Waals surface area contributed by atoms with Crippen molar-refractivity contribution in [1.82, 2.24) is 19.7 Å². The Kier molecular flexibility index (Phi) is 6.66. The van der Waals surface area contributed by atoms with Crippen molar-refractivity contribution >= 4 is 17.7 Å². The van der Waals surface area contributed by atoms with E-state index in [1.54, 1.807) is 0 Å². The second-order valence-electron chi connectivity index (χ2n) is 6.87. The van der Waals surface area contributed by atoms with E-state index >= 15 is 0 Å². The highest BCUT2D eigenvalue weighted by Gasteiger charge is 2.23. The Morgan fingerprint density at radius 1 is 1.07 bits per heavy atom. The summed E-state index contributed by atoms with van der Waals surface area (Å²) >= 11 is 1.39. The van der Waals surface area contributed by atoms with Gasteiger partial charge in [-0.05, 0) is 31.2 Å². The first-order valence-electron chi connectivity index (χ1n) is 9.93. The van der Waals surface area contributed by atoms with Crippen LogP contribution in [0.25, 0.3) is 5.69 Å². The molecule has 3 aromatic rings. The highest BCUT2D eigenvalue weighted by Crippen LogP contribution is 2.28. The first-order chi connectivity index (χ1) is 14.7. The van der Waals surface area contributed by atoms with Crippen LogP contribution in [0.5, 0.6) is 5.75 Å². The lowest BCUT2D eigenvalue weighted by Crippen LogP contribution is -2.41. The molecule has 2 aromatic carbocycles. The van der Waals surface area contributed by atoms with Crippen molar-refractivity contribution in [3.63, 3.8) is 0 Å². The van der Waals surface area contributed by atoms with Gasteiger partial charge in [-0.1, -0.05) is 48.2 Å². The number of ether oxygens (including phenoxy) is 2. The molecule has 1 atom stereocenters. The molecule has 1 aliphatic rings. The van der Waals surface area contributed by atoms with Gasteiger partial charge in [-0.2, -0.15) is 0 Å². The molecule has 0 N–H and O–H groups in total. The number of benzene rings is 2. The van der Waals surface area contributed by atoms with E-state index in [1.807, 2.05) is 77.1 Å². The number of nitrogens with zero attached hydrogens (tertiary/aromatic N) is 4. The molecular formula is C22H24N4O3S. The van der Waals surface area contributed by atoms with E-state index in [9.17, 15) is 4.79 Å². The Morgan fingerprint density at radius 3 is 2.43 bits per heavy atom. The Morgan fingerprint density at radius 2 is 1.73 bits per heavy atom. The molecule has 1 fully saturated rings. The minimum Gasteiger partial charge on any atom is -0.483 e. The average Bonchev–Trinajstić information content (AvgIpc) is 3.23. The van der Waals surface area contributed by atoms with Gasteiger partial charge in [0.15, 0.2) is 17.1 Å². The van der Waals surface area contributed by atoms with Crippen LogP contribution in [0.4, 0.5) is 0 Å². The van der Waals surface area contributed by atoms with Crippen molar-refractivity contribution in [2.75, 3.05) is 32.1 Å². The van der Waals surface area contributed by atoms with Crippen LogP contribution in [0.2, 0.25) is 0 Å². The normalized spacial score (nSPS) is 15.0. The Balaban J connectivity index is 1.55. The van der Waals surface area contributed by atoms with Crippen molar-refractivity contribution in [3.8, 4) is 11.4 Å². The van der Waals surface area contributed by atoms with E-state index in [4.69, 9.17) is 9.47 Å². The molecule has 1 unspecified atom stereocenters. The summed E-state index contributed by atoms with van der Waals surface area (Å²) in [5.74, 6) is 1.84. The number of carbonyl (C=O) groups excluding carboxylic acids is 1. The van der Waals surface area contributed by atoms with Gasteiger partial charge in [-0.3, -0.25) is 9.36 Å². The van der Waals surface area contributed by atoms with Crippen LogP contribution in [0.15, 0.2) is 65.8 Å². The number of rotatable bonds is 7. The Bertz CT molecular complexity index is 959. The number of carbonyl (C=O) groups is 1. The molecule has 0 bridgehead atoms. The van der Waals surface area contributed by atoms with Crippen LogP contribution in [0, 0.1) is 0 Å². The van der Waals surface area contributed by atoms with E-state index < -0.39 is 0 Å². The van der Waals surface area contributed by atoms with Crippen molar-refractivity contribution < 1.29 is 14.3 Å². The van der Waals surface area contributed by atoms with Gasteiger partial charge in [0.25, 0.3) is 0 Å². The van der Waals surface area contributed by atoms with Crippen LogP contribution in [-0.4, -0.2) is 57.6 Å². The zero-order valence-corrected chi connectivity index (χ0v) is 17.6. The number of hydrogen-bond acceptors (Lipinski definition) is 6. The predicted molar refractivity (Wildman–Crippen MR) is 115 cm³/mol. The van der Waals surface area contributed by atoms with Gasteiger partial charge < -0.3 is 14.4 Å². The molecule has 0 aliphatic carbocycles. The van der Waals surface area contributed by atoms with Crippen molar-refractivity contribution in [3.05, 3.63) is 66.5 Å². The standard InChI is InChI=1S/C22H24N4O3S/c1-17(29-19-10-6-3-7-11-19)21-23-24-22(26(21)18-8-4-2-5-9-18)30-16-20(27)25-12-14-28-15-13-25/h2-11,17H,12-16H2,1H3. The number of para-hydroxylation sites is 2. The smallest absolute Gasteiger partial charge is 0.233 e. The topological polar surface area (TPSA) is 69.5 Å².